The number of benzene rings is 2. The zero-order valence-corrected chi connectivity index (χ0v) is 13.1. The van der Waals surface area contributed by atoms with Crippen LogP contribution in [0, 0.1) is 0 Å². The third-order valence-electron chi connectivity index (χ3n) is 4.16. The molecule has 1 aliphatic rings. The van der Waals surface area contributed by atoms with Gasteiger partial charge in [0.1, 0.15) is 0 Å². The number of para-hydroxylation sites is 1. The second-order valence-electron chi connectivity index (χ2n) is 6.00. The van der Waals surface area contributed by atoms with Gasteiger partial charge < -0.3 is 0 Å². The third kappa shape index (κ3) is 3.04. The van der Waals surface area contributed by atoms with Crippen LogP contribution in [-0.4, -0.2) is 17.1 Å². The molecule has 0 saturated heterocycles. The van der Waals surface area contributed by atoms with Gasteiger partial charge in [-0.25, -0.2) is 5.43 Å². The zero-order valence-electron chi connectivity index (χ0n) is 13.1. The molecular formula is C20H17N3O. The van der Waals surface area contributed by atoms with E-state index in [1.54, 1.807) is 6.21 Å². The number of pyridine rings is 1. The van der Waals surface area contributed by atoms with Crippen LogP contribution in [0.2, 0.25) is 0 Å². The molecule has 1 aromatic heterocycles. The quantitative estimate of drug-likeness (QED) is 0.587. The third-order valence-corrected chi connectivity index (χ3v) is 4.16. The Kier molecular flexibility index (Phi) is 3.79. The summed E-state index contributed by atoms with van der Waals surface area (Å²) < 4.78 is 0. The summed E-state index contributed by atoms with van der Waals surface area (Å²) in [6.45, 7) is 0. The van der Waals surface area contributed by atoms with Crippen LogP contribution in [0.15, 0.2) is 65.8 Å². The first-order chi connectivity index (χ1) is 11.8. The van der Waals surface area contributed by atoms with Crippen molar-refractivity contribution in [2.24, 2.45) is 5.10 Å². The maximum absolute atomic E-state index is 12.6. The van der Waals surface area contributed by atoms with E-state index in [4.69, 9.17) is 0 Å². The highest BCUT2D eigenvalue weighted by Gasteiger charge is 2.26. The van der Waals surface area contributed by atoms with E-state index >= 15 is 0 Å². The lowest BCUT2D eigenvalue weighted by Crippen LogP contribution is -2.18. The second-order valence-corrected chi connectivity index (χ2v) is 6.00. The van der Waals surface area contributed by atoms with E-state index in [1.165, 1.54) is 0 Å². The van der Waals surface area contributed by atoms with Crippen molar-refractivity contribution >= 4 is 23.0 Å². The summed E-state index contributed by atoms with van der Waals surface area (Å²) >= 11 is 0. The van der Waals surface area contributed by atoms with Crippen LogP contribution in [0.1, 0.15) is 40.4 Å². The zero-order chi connectivity index (χ0) is 16.4. The molecule has 0 aliphatic heterocycles. The minimum absolute atomic E-state index is 0.206. The second kappa shape index (κ2) is 6.24. The summed E-state index contributed by atoms with van der Waals surface area (Å²) in [4.78, 5) is 17.3. The molecular weight excluding hydrogens is 298 g/mol. The molecule has 4 heteroatoms. The first-order valence-electron chi connectivity index (χ1n) is 8.09. The average molecular weight is 315 g/mol. The first kappa shape index (κ1) is 14.6. The summed E-state index contributed by atoms with van der Waals surface area (Å²) in [5.41, 5.74) is 6.07. The van der Waals surface area contributed by atoms with Crippen molar-refractivity contribution in [3.8, 4) is 0 Å². The van der Waals surface area contributed by atoms with Crippen molar-refractivity contribution in [2.45, 2.75) is 18.8 Å². The van der Waals surface area contributed by atoms with Crippen LogP contribution in [-0.2, 0) is 0 Å². The van der Waals surface area contributed by atoms with Gasteiger partial charge in [0, 0.05) is 17.0 Å². The van der Waals surface area contributed by atoms with Gasteiger partial charge >= 0.3 is 0 Å². The number of nitrogens with one attached hydrogen (secondary N) is 1. The molecule has 0 spiro atoms. The van der Waals surface area contributed by atoms with Crippen LogP contribution < -0.4 is 5.43 Å². The number of carbonyl (C=O) groups is 1. The van der Waals surface area contributed by atoms with Crippen LogP contribution in [0.3, 0.4) is 0 Å². The number of nitrogens with zero attached hydrogens (tertiary/aromatic N) is 2. The summed E-state index contributed by atoms with van der Waals surface area (Å²) in [5.74, 6) is 0.289. The van der Waals surface area contributed by atoms with Gasteiger partial charge in [-0.05, 0) is 30.5 Å². The summed E-state index contributed by atoms with van der Waals surface area (Å²) in [5, 5.41) is 4.93. The van der Waals surface area contributed by atoms with Crippen molar-refractivity contribution in [2.75, 3.05) is 0 Å². The predicted molar refractivity (Wildman–Crippen MR) is 95.2 cm³/mol. The Morgan fingerprint density at radius 2 is 1.83 bits per heavy atom. The number of carbonyl (C=O) groups excluding carboxylic acids is 1. The molecule has 24 heavy (non-hydrogen) atoms. The number of hydrazone groups is 1. The number of hydrogen-bond donors (Lipinski definition) is 1. The van der Waals surface area contributed by atoms with Crippen molar-refractivity contribution in [3.05, 3.63) is 77.5 Å². The Bertz CT molecular complexity index is 915. The Morgan fingerprint density at radius 3 is 2.62 bits per heavy atom. The Hall–Kier alpha value is -3.01. The van der Waals surface area contributed by atoms with Crippen molar-refractivity contribution in [3.63, 3.8) is 0 Å². The van der Waals surface area contributed by atoms with Crippen molar-refractivity contribution in [1.82, 2.24) is 10.4 Å². The van der Waals surface area contributed by atoms with Gasteiger partial charge in [-0.2, -0.15) is 5.10 Å². The molecule has 4 nitrogen and oxygen atoms in total. The van der Waals surface area contributed by atoms with E-state index in [0.717, 1.165) is 35.0 Å². The topological polar surface area (TPSA) is 54.4 Å². The van der Waals surface area contributed by atoms with Gasteiger partial charge in [-0.1, -0.05) is 48.5 Å². The fourth-order valence-corrected chi connectivity index (χ4v) is 2.74. The summed E-state index contributed by atoms with van der Waals surface area (Å²) in [7, 11) is 0. The largest absolute Gasteiger partial charge is 0.272 e. The number of aromatic nitrogens is 1. The molecule has 0 radical (unpaired) electrons. The highest BCUT2D eigenvalue weighted by atomic mass is 16.2. The molecule has 1 amide bonds. The molecule has 1 N–H and O–H groups in total. The Balaban J connectivity index is 1.62. The van der Waals surface area contributed by atoms with E-state index in [2.05, 4.69) is 15.5 Å². The van der Waals surface area contributed by atoms with Crippen LogP contribution in [0.25, 0.3) is 10.9 Å². The molecule has 1 heterocycles. The molecule has 2 aromatic carbocycles. The van der Waals surface area contributed by atoms with Gasteiger partial charge in [0.05, 0.1) is 17.3 Å². The van der Waals surface area contributed by atoms with Crippen LogP contribution in [0.4, 0.5) is 0 Å². The van der Waals surface area contributed by atoms with E-state index in [1.807, 2.05) is 60.7 Å². The molecule has 0 bridgehead atoms. The number of fused-ring (bicyclic) bond motifs is 1. The molecule has 1 fully saturated rings. The predicted octanol–water partition coefficient (Wildman–Crippen LogP) is 3.88. The van der Waals surface area contributed by atoms with E-state index < -0.39 is 0 Å². The van der Waals surface area contributed by atoms with Crippen molar-refractivity contribution < 1.29 is 4.79 Å². The van der Waals surface area contributed by atoms with Gasteiger partial charge in [0.25, 0.3) is 5.91 Å². The number of rotatable bonds is 4. The Labute approximate surface area is 140 Å². The summed E-state index contributed by atoms with van der Waals surface area (Å²) in [6.07, 6.45) is 3.94. The van der Waals surface area contributed by atoms with Gasteiger partial charge in [0.15, 0.2) is 0 Å². The van der Waals surface area contributed by atoms with Gasteiger partial charge in [-0.15, -0.1) is 0 Å². The highest BCUT2D eigenvalue weighted by Crippen LogP contribution is 2.40. The van der Waals surface area contributed by atoms with Crippen molar-refractivity contribution in [1.29, 1.82) is 0 Å². The fourth-order valence-electron chi connectivity index (χ4n) is 2.74. The molecule has 1 saturated carbocycles. The highest BCUT2D eigenvalue weighted by molar-refractivity contribution is 6.06. The van der Waals surface area contributed by atoms with Crippen LogP contribution >= 0.6 is 0 Å². The Morgan fingerprint density at radius 1 is 1.08 bits per heavy atom. The molecule has 0 unspecified atom stereocenters. The lowest BCUT2D eigenvalue weighted by Gasteiger charge is -2.08. The number of hydrogen-bond acceptors (Lipinski definition) is 3. The lowest BCUT2D eigenvalue weighted by molar-refractivity contribution is 0.0956. The molecule has 3 aromatic rings. The van der Waals surface area contributed by atoms with Crippen LogP contribution in [0.5, 0.6) is 0 Å². The van der Waals surface area contributed by atoms with E-state index in [0.29, 0.717) is 11.5 Å². The maximum Gasteiger partial charge on any atom is 0.272 e. The summed E-state index contributed by atoms with van der Waals surface area (Å²) in [6, 6.07) is 19.3. The smallest absolute Gasteiger partial charge is 0.267 e. The molecule has 118 valence electrons. The minimum Gasteiger partial charge on any atom is -0.267 e. The van der Waals surface area contributed by atoms with E-state index in [9.17, 15) is 4.79 Å². The molecule has 4 rings (SSSR count). The lowest BCUT2D eigenvalue weighted by atomic mass is 10.1. The van der Waals surface area contributed by atoms with Gasteiger partial charge in [0.2, 0.25) is 0 Å². The first-order valence-corrected chi connectivity index (χ1v) is 8.09. The molecule has 0 atom stereocenters. The fraction of sp³-hybridized carbons (Fsp3) is 0.150. The van der Waals surface area contributed by atoms with E-state index in [-0.39, 0.29) is 5.91 Å². The number of amides is 1. The standard InChI is InChI=1S/C20H17N3O/c24-20(23-21-13-14-6-2-1-3-7-14)17-12-19(15-10-11-15)22-18-9-5-4-8-16(17)18/h1-9,12-13,15H,10-11H2,(H,23,24)/b21-13-. The minimum atomic E-state index is -0.206. The average Bonchev–Trinajstić information content (AvgIpc) is 3.47. The molecule has 1 aliphatic carbocycles. The SMILES string of the molecule is O=C(N/N=C\c1ccccc1)c1cc(C2CC2)nc2ccccc12. The maximum atomic E-state index is 12.6. The normalized spacial score (nSPS) is 14.2. The monoisotopic (exact) mass is 315 g/mol. The van der Waals surface area contributed by atoms with Gasteiger partial charge in [-0.3, -0.25) is 9.78 Å².